The van der Waals surface area contributed by atoms with Gasteiger partial charge in [0.25, 0.3) is 0 Å². The summed E-state index contributed by atoms with van der Waals surface area (Å²) in [6, 6.07) is 5.86. The minimum absolute atomic E-state index is 0. The highest BCUT2D eigenvalue weighted by molar-refractivity contribution is 14.0. The van der Waals surface area contributed by atoms with Gasteiger partial charge in [-0.15, -0.1) is 24.0 Å². The standard InChI is InChI=1S/C15H23N5O.HI/c1-3-8-16-15(17-9-7-14-5-4-11-21-14)18-12-13-6-10-19-20(13)2;/h4-6,10-11H,3,7-9,12H2,1-2H3,(H2,16,17,18);1H. The average Bonchev–Trinajstić information content (AvgIpc) is 3.13. The summed E-state index contributed by atoms with van der Waals surface area (Å²) in [5.41, 5.74) is 1.08. The number of hydrogen-bond acceptors (Lipinski definition) is 3. The Morgan fingerprint density at radius 2 is 2.14 bits per heavy atom. The maximum absolute atomic E-state index is 5.32. The van der Waals surface area contributed by atoms with Crippen LogP contribution < -0.4 is 10.6 Å². The maximum atomic E-state index is 5.32. The van der Waals surface area contributed by atoms with E-state index in [0.29, 0.717) is 6.54 Å². The summed E-state index contributed by atoms with van der Waals surface area (Å²) < 4.78 is 7.16. The van der Waals surface area contributed by atoms with E-state index in [1.807, 2.05) is 29.9 Å². The number of rotatable bonds is 7. The lowest BCUT2D eigenvalue weighted by molar-refractivity contribution is 0.506. The molecule has 2 heterocycles. The summed E-state index contributed by atoms with van der Waals surface area (Å²) in [5, 5.41) is 10.8. The van der Waals surface area contributed by atoms with Crippen LogP contribution in [-0.2, 0) is 20.0 Å². The van der Waals surface area contributed by atoms with Crippen molar-refractivity contribution in [1.29, 1.82) is 0 Å². The van der Waals surface area contributed by atoms with Gasteiger partial charge >= 0.3 is 0 Å². The minimum Gasteiger partial charge on any atom is -0.469 e. The van der Waals surface area contributed by atoms with Gasteiger partial charge in [0.15, 0.2) is 5.96 Å². The SMILES string of the molecule is CCCNC(=NCc1ccnn1C)NCCc1ccco1.I. The number of hydrogen-bond donors (Lipinski definition) is 2. The third kappa shape index (κ3) is 6.08. The van der Waals surface area contributed by atoms with Crippen molar-refractivity contribution in [1.82, 2.24) is 20.4 Å². The molecule has 0 atom stereocenters. The van der Waals surface area contributed by atoms with E-state index < -0.39 is 0 Å². The number of aliphatic imine (C=N–C) groups is 1. The molecule has 0 saturated heterocycles. The molecule has 0 aliphatic rings. The van der Waals surface area contributed by atoms with Crippen LogP contribution in [0.1, 0.15) is 24.8 Å². The van der Waals surface area contributed by atoms with Gasteiger partial charge in [-0.3, -0.25) is 4.68 Å². The van der Waals surface area contributed by atoms with Crippen molar-refractivity contribution < 1.29 is 4.42 Å². The topological polar surface area (TPSA) is 67.4 Å². The van der Waals surface area contributed by atoms with Crippen molar-refractivity contribution in [3.05, 3.63) is 42.1 Å². The molecular weight excluding hydrogens is 393 g/mol. The van der Waals surface area contributed by atoms with Crippen LogP contribution >= 0.6 is 24.0 Å². The maximum Gasteiger partial charge on any atom is 0.191 e. The van der Waals surface area contributed by atoms with Crippen molar-refractivity contribution in [3.8, 4) is 0 Å². The van der Waals surface area contributed by atoms with Crippen LogP contribution in [0.15, 0.2) is 40.1 Å². The molecule has 0 aromatic carbocycles. The van der Waals surface area contributed by atoms with Gasteiger partial charge in [0.1, 0.15) is 5.76 Å². The van der Waals surface area contributed by atoms with Crippen LogP contribution in [-0.4, -0.2) is 28.8 Å². The Labute approximate surface area is 148 Å². The van der Waals surface area contributed by atoms with Crippen molar-refractivity contribution >= 4 is 29.9 Å². The quantitative estimate of drug-likeness (QED) is 0.412. The number of nitrogens with one attached hydrogen (secondary N) is 2. The average molecular weight is 417 g/mol. The molecule has 2 N–H and O–H groups in total. The molecule has 2 aromatic rings. The number of aromatic nitrogens is 2. The first kappa shape index (κ1) is 18.5. The van der Waals surface area contributed by atoms with E-state index in [4.69, 9.17) is 4.42 Å². The second-order valence-electron chi connectivity index (χ2n) is 4.79. The van der Waals surface area contributed by atoms with Gasteiger partial charge in [0.2, 0.25) is 0 Å². The Morgan fingerprint density at radius 3 is 2.77 bits per heavy atom. The summed E-state index contributed by atoms with van der Waals surface area (Å²) in [7, 11) is 1.92. The van der Waals surface area contributed by atoms with E-state index >= 15 is 0 Å². The molecular formula is C15H24IN5O. The second kappa shape index (κ2) is 10.3. The van der Waals surface area contributed by atoms with Crippen LogP contribution in [0.3, 0.4) is 0 Å². The highest BCUT2D eigenvalue weighted by Crippen LogP contribution is 2.00. The Morgan fingerprint density at radius 1 is 1.32 bits per heavy atom. The van der Waals surface area contributed by atoms with Gasteiger partial charge < -0.3 is 15.1 Å². The third-order valence-electron chi connectivity index (χ3n) is 3.11. The fraction of sp³-hybridized carbons (Fsp3) is 0.467. The Kier molecular flexibility index (Phi) is 8.64. The number of halogens is 1. The van der Waals surface area contributed by atoms with E-state index in [2.05, 4.69) is 27.6 Å². The lowest BCUT2D eigenvalue weighted by atomic mass is 10.3. The molecule has 0 radical (unpaired) electrons. The number of aryl methyl sites for hydroxylation is 1. The lowest BCUT2D eigenvalue weighted by Gasteiger charge is -2.11. The van der Waals surface area contributed by atoms with Gasteiger partial charge in [-0.25, -0.2) is 4.99 Å². The second-order valence-corrected chi connectivity index (χ2v) is 4.79. The third-order valence-corrected chi connectivity index (χ3v) is 3.11. The van der Waals surface area contributed by atoms with E-state index in [9.17, 15) is 0 Å². The van der Waals surface area contributed by atoms with Gasteiger partial charge in [0.05, 0.1) is 18.5 Å². The molecule has 6 nitrogen and oxygen atoms in total. The Bertz CT molecular complexity index is 550. The lowest BCUT2D eigenvalue weighted by Crippen LogP contribution is -2.38. The zero-order valence-corrected chi connectivity index (χ0v) is 15.4. The summed E-state index contributed by atoms with van der Waals surface area (Å²) >= 11 is 0. The van der Waals surface area contributed by atoms with Crippen molar-refractivity contribution in [2.24, 2.45) is 12.0 Å². The van der Waals surface area contributed by atoms with Crippen LogP contribution in [0.25, 0.3) is 0 Å². The number of nitrogens with zero attached hydrogens (tertiary/aromatic N) is 3. The minimum atomic E-state index is 0. The van der Waals surface area contributed by atoms with Crippen molar-refractivity contribution in [2.75, 3.05) is 13.1 Å². The van der Waals surface area contributed by atoms with Crippen LogP contribution in [0.2, 0.25) is 0 Å². The predicted octanol–water partition coefficient (Wildman–Crippen LogP) is 2.32. The molecule has 122 valence electrons. The molecule has 0 saturated carbocycles. The predicted molar refractivity (Wildman–Crippen MR) is 98.5 cm³/mol. The summed E-state index contributed by atoms with van der Waals surface area (Å²) in [5.74, 6) is 1.80. The van der Waals surface area contributed by atoms with E-state index in [1.54, 1.807) is 12.5 Å². The van der Waals surface area contributed by atoms with Crippen LogP contribution in [0.4, 0.5) is 0 Å². The van der Waals surface area contributed by atoms with Gasteiger partial charge in [0, 0.05) is 32.8 Å². The number of guanidine groups is 1. The molecule has 22 heavy (non-hydrogen) atoms. The molecule has 0 aliphatic carbocycles. The molecule has 0 amide bonds. The summed E-state index contributed by atoms with van der Waals surface area (Å²) in [6.07, 6.45) is 5.38. The molecule has 2 rings (SSSR count). The molecule has 0 unspecified atom stereocenters. The first-order valence-corrected chi connectivity index (χ1v) is 7.31. The first-order chi connectivity index (χ1) is 10.3. The smallest absolute Gasteiger partial charge is 0.191 e. The van der Waals surface area contributed by atoms with Gasteiger partial charge in [-0.2, -0.15) is 5.10 Å². The molecule has 0 bridgehead atoms. The van der Waals surface area contributed by atoms with E-state index in [0.717, 1.165) is 43.3 Å². The van der Waals surface area contributed by atoms with E-state index in [-0.39, 0.29) is 24.0 Å². The molecule has 0 spiro atoms. The van der Waals surface area contributed by atoms with Crippen molar-refractivity contribution in [3.63, 3.8) is 0 Å². The Hall–Kier alpha value is -1.51. The fourth-order valence-electron chi connectivity index (χ4n) is 1.89. The monoisotopic (exact) mass is 417 g/mol. The summed E-state index contributed by atoms with van der Waals surface area (Å²) in [4.78, 5) is 4.59. The molecule has 0 aliphatic heterocycles. The normalized spacial score (nSPS) is 11.1. The fourth-order valence-corrected chi connectivity index (χ4v) is 1.89. The van der Waals surface area contributed by atoms with Crippen LogP contribution in [0.5, 0.6) is 0 Å². The molecule has 0 fully saturated rings. The summed E-state index contributed by atoms with van der Waals surface area (Å²) in [6.45, 7) is 4.43. The molecule has 7 heteroatoms. The van der Waals surface area contributed by atoms with Gasteiger partial charge in [-0.1, -0.05) is 6.92 Å². The van der Waals surface area contributed by atoms with Crippen LogP contribution in [0, 0.1) is 0 Å². The highest BCUT2D eigenvalue weighted by atomic mass is 127. The first-order valence-electron chi connectivity index (χ1n) is 7.31. The zero-order valence-electron chi connectivity index (χ0n) is 13.1. The van der Waals surface area contributed by atoms with E-state index in [1.165, 1.54) is 0 Å². The highest BCUT2D eigenvalue weighted by Gasteiger charge is 2.01. The Balaban J connectivity index is 0.00000242. The number of furan rings is 1. The zero-order chi connectivity index (χ0) is 14.9. The van der Waals surface area contributed by atoms with Crippen molar-refractivity contribution in [2.45, 2.75) is 26.3 Å². The largest absolute Gasteiger partial charge is 0.469 e. The van der Waals surface area contributed by atoms with Gasteiger partial charge in [-0.05, 0) is 24.6 Å². The molecule has 2 aromatic heterocycles.